The Balaban J connectivity index is 2.01. The molecule has 4 nitrogen and oxygen atoms in total. The summed E-state index contributed by atoms with van der Waals surface area (Å²) < 4.78 is 66.8. The van der Waals surface area contributed by atoms with E-state index in [1.54, 1.807) is 48.5 Å². The van der Waals surface area contributed by atoms with Gasteiger partial charge in [-0.05, 0) is 35.9 Å². The SMILES string of the molecule is O=S(=O)(N[C@H](c1ccccc1)c1ccccn1)c1cccc(C(F)(F)F)c1. The molecule has 0 amide bonds. The monoisotopic (exact) mass is 392 g/mol. The quantitative estimate of drug-likeness (QED) is 0.709. The number of hydrogen-bond acceptors (Lipinski definition) is 3. The van der Waals surface area contributed by atoms with E-state index in [4.69, 9.17) is 0 Å². The smallest absolute Gasteiger partial charge is 0.259 e. The molecule has 1 N–H and O–H groups in total. The third-order valence-electron chi connectivity index (χ3n) is 3.86. The van der Waals surface area contributed by atoms with Gasteiger partial charge in [0.05, 0.1) is 22.2 Å². The fourth-order valence-corrected chi connectivity index (χ4v) is 3.80. The van der Waals surface area contributed by atoms with E-state index in [-0.39, 0.29) is 0 Å². The number of pyridine rings is 1. The molecule has 0 saturated heterocycles. The molecule has 0 saturated carbocycles. The minimum Gasteiger partial charge on any atom is -0.259 e. The van der Waals surface area contributed by atoms with Gasteiger partial charge in [-0.1, -0.05) is 42.5 Å². The molecule has 27 heavy (non-hydrogen) atoms. The Morgan fingerprint density at radius 1 is 0.889 bits per heavy atom. The van der Waals surface area contributed by atoms with Gasteiger partial charge in [0.25, 0.3) is 0 Å². The van der Waals surface area contributed by atoms with Crippen LogP contribution in [-0.4, -0.2) is 13.4 Å². The molecular weight excluding hydrogens is 377 g/mol. The number of aromatic nitrogens is 1. The van der Waals surface area contributed by atoms with Crippen LogP contribution in [0.3, 0.4) is 0 Å². The molecule has 2 aromatic carbocycles. The first kappa shape index (κ1) is 19.1. The Morgan fingerprint density at radius 3 is 2.22 bits per heavy atom. The Kier molecular flexibility index (Phi) is 5.29. The topological polar surface area (TPSA) is 59.1 Å². The van der Waals surface area contributed by atoms with Crippen molar-refractivity contribution in [2.75, 3.05) is 0 Å². The van der Waals surface area contributed by atoms with Gasteiger partial charge in [-0.3, -0.25) is 4.98 Å². The van der Waals surface area contributed by atoms with Crippen LogP contribution in [-0.2, 0) is 16.2 Å². The molecule has 0 spiro atoms. The molecule has 0 aliphatic rings. The summed E-state index contributed by atoms with van der Waals surface area (Å²) in [4.78, 5) is 3.72. The van der Waals surface area contributed by atoms with Gasteiger partial charge >= 0.3 is 6.18 Å². The van der Waals surface area contributed by atoms with Crippen LogP contribution in [0.2, 0.25) is 0 Å². The predicted octanol–water partition coefficient (Wildman–Crippen LogP) is 4.17. The molecule has 3 aromatic rings. The molecule has 1 atom stereocenters. The van der Waals surface area contributed by atoms with Crippen molar-refractivity contribution in [3.63, 3.8) is 0 Å². The van der Waals surface area contributed by atoms with Crippen LogP contribution in [0.25, 0.3) is 0 Å². The molecule has 0 fully saturated rings. The van der Waals surface area contributed by atoms with Crippen molar-refractivity contribution in [1.82, 2.24) is 9.71 Å². The average molecular weight is 392 g/mol. The Hall–Kier alpha value is -2.71. The second kappa shape index (κ2) is 7.50. The number of benzene rings is 2. The van der Waals surface area contributed by atoms with Gasteiger partial charge in [-0.2, -0.15) is 17.9 Å². The van der Waals surface area contributed by atoms with E-state index < -0.39 is 32.7 Å². The van der Waals surface area contributed by atoms with Crippen molar-refractivity contribution in [2.45, 2.75) is 17.1 Å². The van der Waals surface area contributed by atoms with E-state index in [2.05, 4.69) is 9.71 Å². The lowest BCUT2D eigenvalue weighted by Gasteiger charge is -2.19. The second-order valence-electron chi connectivity index (χ2n) is 5.75. The summed E-state index contributed by atoms with van der Waals surface area (Å²) in [5.41, 5.74) is 0.0190. The minimum absolute atomic E-state index is 0.430. The van der Waals surface area contributed by atoms with Gasteiger partial charge in [0.1, 0.15) is 0 Å². The highest BCUT2D eigenvalue weighted by Gasteiger charge is 2.32. The molecular formula is C19H15F3N2O2S. The summed E-state index contributed by atoms with van der Waals surface area (Å²) in [5.74, 6) is 0. The summed E-state index contributed by atoms with van der Waals surface area (Å²) in [7, 11) is -4.23. The Bertz CT molecular complexity index is 968. The number of sulfonamides is 1. The van der Waals surface area contributed by atoms with E-state index in [1.807, 2.05) is 0 Å². The Morgan fingerprint density at radius 2 is 1.59 bits per heavy atom. The summed E-state index contributed by atoms with van der Waals surface area (Å²) in [6.07, 6.45) is -3.12. The fourth-order valence-electron chi connectivity index (χ4n) is 2.55. The van der Waals surface area contributed by atoms with Crippen LogP contribution in [0.1, 0.15) is 22.9 Å². The van der Waals surface area contributed by atoms with Crippen molar-refractivity contribution in [1.29, 1.82) is 0 Å². The average Bonchev–Trinajstić information content (AvgIpc) is 2.67. The first-order chi connectivity index (χ1) is 12.8. The van der Waals surface area contributed by atoms with E-state index in [9.17, 15) is 21.6 Å². The second-order valence-corrected chi connectivity index (χ2v) is 7.46. The van der Waals surface area contributed by atoms with E-state index in [1.165, 1.54) is 6.20 Å². The summed E-state index contributed by atoms with van der Waals surface area (Å²) in [6, 6.07) is 16.5. The first-order valence-electron chi connectivity index (χ1n) is 7.93. The van der Waals surface area contributed by atoms with Crippen molar-refractivity contribution >= 4 is 10.0 Å². The number of nitrogens with zero attached hydrogens (tertiary/aromatic N) is 1. The van der Waals surface area contributed by atoms with Gasteiger partial charge in [0.15, 0.2) is 0 Å². The van der Waals surface area contributed by atoms with E-state index in [0.717, 1.165) is 18.2 Å². The molecule has 0 aliphatic heterocycles. The molecule has 0 aliphatic carbocycles. The number of halogens is 3. The van der Waals surface area contributed by atoms with Crippen molar-refractivity contribution < 1.29 is 21.6 Å². The summed E-state index contributed by atoms with van der Waals surface area (Å²) in [5, 5.41) is 0. The highest BCUT2D eigenvalue weighted by molar-refractivity contribution is 7.89. The van der Waals surface area contributed by atoms with Crippen LogP contribution in [0.15, 0.2) is 83.9 Å². The van der Waals surface area contributed by atoms with Crippen molar-refractivity contribution in [3.05, 3.63) is 95.8 Å². The van der Waals surface area contributed by atoms with Crippen LogP contribution in [0.4, 0.5) is 13.2 Å². The van der Waals surface area contributed by atoms with Gasteiger partial charge in [0, 0.05) is 6.20 Å². The largest absolute Gasteiger partial charge is 0.416 e. The standard InChI is InChI=1S/C19H15F3N2O2S/c20-19(21,22)15-9-6-10-16(13-15)27(25,26)24-18(14-7-2-1-3-8-14)17-11-4-5-12-23-17/h1-13,18,24H/t18-/m1/s1. The first-order valence-corrected chi connectivity index (χ1v) is 9.41. The highest BCUT2D eigenvalue weighted by Crippen LogP contribution is 2.31. The maximum absolute atomic E-state index is 12.9. The molecule has 1 heterocycles. The molecule has 0 bridgehead atoms. The number of alkyl halides is 3. The normalized spacial score (nSPS) is 13.3. The fraction of sp³-hybridized carbons (Fsp3) is 0.105. The molecule has 8 heteroatoms. The predicted molar refractivity (Wildman–Crippen MR) is 94.3 cm³/mol. The van der Waals surface area contributed by atoms with Gasteiger partial charge in [-0.15, -0.1) is 0 Å². The molecule has 0 unspecified atom stereocenters. The number of rotatable bonds is 5. The summed E-state index contributed by atoms with van der Waals surface area (Å²) in [6.45, 7) is 0. The van der Waals surface area contributed by atoms with Gasteiger partial charge in [0.2, 0.25) is 10.0 Å². The zero-order chi connectivity index (χ0) is 19.5. The van der Waals surface area contributed by atoms with E-state index >= 15 is 0 Å². The maximum Gasteiger partial charge on any atom is 0.416 e. The maximum atomic E-state index is 12.9. The Labute approximate surface area is 154 Å². The molecule has 3 rings (SSSR count). The van der Waals surface area contributed by atoms with E-state index in [0.29, 0.717) is 17.3 Å². The lowest BCUT2D eigenvalue weighted by molar-refractivity contribution is -0.137. The van der Waals surface area contributed by atoms with Crippen LogP contribution >= 0.6 is 0 Å². The van der Waals surface area contributed by atoms with Crippen molar-refractivity contribution in [2.24, 2.45) is 0 Å². The van der Waals surface area contributed by atoms with Crippen molar-refractivity contribution in [3.8, 4) is 0 Å². The third kappa shape index (κ3) is 4.53. The van der Waals surface area contributed by atoms with Crippen LogP contribution < -0.4 is 4.72 Å². The molecule has 0 radical (unpaired) electrons. The lowest BCUT2D eigenvalue weighted by atomic mass is 10.0. The zero-order valence-corrected chi connectivity index (χ0v) is 14.7. The molecule has 1 aromatic heterocycles. The molecule has 140 valence electrons. The van der Waals surface area contributed by atoms with Gasteiger partial charge in [-0.25, -0.2) is 8.42 Å². The lowest BCUT2D eigenvalue weighted by Crippen LogP contribution is -2.30. The number of hydrogen-bond donors (Lipinski definition) is 1. The zero-order valence-electron chi connectivity index (χ0n) is 13.9. The number of nitrogens with one attached hydrogen (secondary N) is 1. The third-order valence-corrected chi connectivity index (χ3v) is 5.28. The minimum atomic E-state index is -4.63. The highest BCUT2D eigenvalue weighted by atomic mass is 32.2. The van der Waals surface area contributed by atoms with Gasteiger partial charge < -0.3 is 0 Å². The van der Waals surface area contributed by atoms with Crippen LogP contribution in [0, 0.1) is 0 Å². The van der Waals surface area contributed by atoms with Crippen LogP contribution in [0.5, 0.6) is 0 Å². The summed E-state index contributed by atoms with van der Waals surface area (Å²) >= 11 is 0.